The molecule has 0 spiro atoms. The average Bonchev–Trinajstić information content (AvgIpc) is 3.55. The minimum absolute atomic E-state index is 0.0873. The highest BCUT2D eigenvalue weighted by atomic mass is 19.4. The summed E-state index contributed by atoms with van der Waals surface area (Å²) in [5.41, 5.74) is 2.06. The Morgan fingerprint density at radius 3 is 2.02 bits per heavy atom. The van der Waals surface area contributed by atoms with E-state index < -0.39 is 24.3 Å². The van der Waals surface area contributed by atoms with Gasteiger partial charge in [-0.2, -0.15) is 26.3 Å². The van der Waals surface area contributed by atoms with Gasteiger partial charge in [0.25, 0.3) is 0 Å². The number of aromatic hydroxyl groups is 1. The molecule has 0 amide bonds. The van der Waals surface area contributed by atoms with Gasteiger partial charge in [0.15, 0.2) is 0 Å². The largest absolute Gasteiger partial charge is 0.507 e. The Morgan fingerprint density at radius 2 is 1.60 bits per heavy atom. The van der Waals surface area contributed by atoms with Gasteiger partial charge in [-0.05, 0) is 39.3 Å². The fourth-order valence-corrected chi connectivity index (χ4v) is 3.52. The molecule has 1 aliphatic rings. The first-order valence-electron chi connectivity index (χ1n) is 11.9. The van der Waals surface area contributed by atoms with Gasteiger partial charge in [-0.1, -0.05) is 0 Å². The third-order valence-electron chi connectivity index (χ3n) is 5.20. The Balaban J connectivity index is 0.000000367. The number of rotatable bonds is 4. The summed E-state index contributed by atoms with van der Waals surface area (Å²) in [6, 6.07) is 5.81. The molecule has 2 aromatic heterocycles. The SMILES string of the molecule is CC(C)(C)NC1CCN(c2ncc(-c3ccc(-n4ccnc4)cc3O)nn2)C1.O=C(O)C(F)(F)F.O=C(O)C(F)(F)F. The van der Waals surface area contributed by atoms with Crippen LogP contribution in [-0.4, -0.2) is 89.0 Å². The van der Waals surface area contributed by atoms with E-state index in [1.165, 1.54) is 0 Å². The number of carbonyl (C=O) groups is 2. The van der Waals surface area contributed by atoms with Crippen LogP contribution >= 0.6 is 0 Å². The molecule has 1 aromatic carbocycles. The lowest BCUT2D eigenvalue weighted by Crippen LogP contribution is -2.45. The summed E-state index contributed by atoms with van der Waals surface area (Å²) in [7, 11) is 0. The molecule has 1 unspecified atom stereocenters. The maximum absolute atomic E-state index is 10.6. The van der Waals surface area contributed by atoms with E-state index in [2.05, 4.69) is 51.2 Å². The average molecular weight is 608 g/mol. The predicted molar refractivity (Wildman–Crippen MR) is 135 cm³/mol. The monoisotopic (exact) mass is 607 g/mol. The Morgan fingerprint density at radius 1 is 1.00 bits per heavy atom. The molecule has 0 radical (unpaired) electrons. The topological polar surface area (TPSA) is 167 Å². The number of nitrogens with zero attached hydrogens (tertiary/aromatic N) is 6. The normalized spacial score (nSPS) is 15.3. The molecular formula is C24H27F6N7O5. The van der Waals surface area contributed by atoms with Crippen molar-refractivity contribution in [3.63, 3.8) is 0 Å². The highest BCUT2D eigenvalue weighted by Crippen LogP contribution is 2.29. The number of phenols is 1. The lowest BCUT2D eigenvalue weighted by atomic mass is 10.1. The Bertz CT molecular complexity index is 1300. The van der Waals surface area contributed by atoms with E-state index in [1.807, 2.05) is 22.9 Å². The van der Waals surface area contributed by atoms with E-state index in [4.69, 9.17) is 19.8 Å². The van der Waals surface area contributed by atoms with Crippen LogP contribution in [0.1, 0.15) is 27.2 Å². The molecule has 42 heavy (non-hydrogen) atoms. The number of carboxylic acid groups (broad SMARTS) is 2. The number of aliphatic carboxylic acids is 2. The van der Waals surface area contributed by atoms with Crippen LogP contribution in [0.2, 0.25) is 0 Å². The maximum atomic E-state index is 10.6. The van der Waals surface area contributed by atoms with Crippen LogP contribution in [0.5, 0.6) is 5.75 Å². The van der Waals surface area contributed by atoms with E-state index in [0.717, 1.165) is 25.2 Å². The number of alkyl halides is 6. The number of imidazole rings is 1. The first-order chi connectivity index (χ1) is 19.3. The molecule has 230 valence electrons. The Kier molecular flexibility index (Phi) is 10.8. The maximum Gasteiger partial charge on any atom is 0.490 e. The number of hydrogen-bond acceptors (Lipinski definition) is 9. The lowest BCUT2D eigenvalue weighted by Gasteiger charge is -2.25. The van der Waals surface area contributed by atoms with E-state index in [-0.39, 0.29) is 11.3 Å². The number of hydrogen-bond donors (Lipinski definition) is 4. The number of carboxylic acids is 2. The minimum Gasteiger partial charge on any atom is -0.507 e. The van der Waals surface area contributed by atoms with Crippen LogP contribution in [0.3, 0.4) is 0 Å². The predicted octanol–water partition coefficient (Wildman–Crippen LogP) is 3.66. The quantitative estimate of drug-likeness (QED) is 0.320. The molecule has 1 aliphatic heterocycles. The molecule has 4 rings (SSSR count). The molecule has 1 saturated heterocycles. The molecule has 1 fully saturated rings. The summed E-state index contributed by atoms with van der Waals surface area (Å²) in [6.45, 7) is 8.29. The third kappa shape index (κ3) is 10.5. The van der Waals surface area contributed by atoms with Crippen molar-refractivity contribution in [1.29, 1.82) is 0 Å². The van der Waals surface area contributed by atoms with E-state index in [0.29, 0.717) is 23.2 Å². The van der Waals surface area contributed by atoms with Gasteiger partial charge >= 0.3 is 24.3 Å². The zero-order chi connectivity index (χ0) is 31.9. The van der Waals surface area contributed by atoms with Crippen molar-refractivity contribution in [2.75, 3.05) is 18.0 Å². The molecule has 18 heteroatoms. The number of nitrogens with one attached hydrogen (secondary N) is 1. The highest BCUT2D eigenvalue weighted by molar-refractivity contribution is 5.73. The summed E-state index contributed by atoms with van der Waals surface area (Å²) in [5.74, 6) is -4.76. The van der Waals surface area contributed by atoms with Crippen molar-refractivity contribution in [3.05, 3.63) is 43.1 Å². The third-order valence-corrected chi connectivity index (χ3v) is 5.20. The molecule has 3 aromatic rings. The summed E-state index contributed by atoms with van der Waals surface area (Å²) in [6.07, 6.45) is -2.25. The summed E-state index contributed by atoms with van der Waals surface area (Å²) >= 11 is 0. The summed E-state index contributed by atoms with van der Waals surface area (Å²) < 4.78 is 65.3. The van der Waals surface area contributed by atoms with Gasteiger partial charge in [-0.15, -0.1) is 10.2 Å². The zero-order valence-corrected chi connectivity index (χ0v) is 22.3. The van der Waals surface area contributed by atoms with E-state index in [1.54, 1.807) is 24.8 Å². The minimum atomic E-state index is -5.08. The number of aromatic nitrogens is 5. The molecule has 1 atom stereocenters. The van der Waals surface area contributed by atoms with Crippen LogP contribution in [0.25, 0.3) is 16.9 Å². The van der Waals surface area contributed by atoms with Gasteiger partial charge in [0, 0.05) is 48.7 Å². The van der Waals surface area contributed by atoms with Crippen molar-refractivity contribution in [3.8, 4) is 22.7 Å². The molecule has 0 bridgehead atoms. The van der Waals surface area contributed by atoms with Crippen LogP contribution in [0, 0.1) is 0 Å². The van der Waals surface area contributed by atoms with Crippen molar-refractivity contribution >= 4 is 17.9 Å². The van der Waals surface area contributed by atoms with Crippen molar-refractivity contribution in [2.24, 2.45) is 0 Å². The number of halogens is 6. The van der Waals surface area contributed by atoms with Crippen molar-refractivity contribution < 1.29 is 51.3 Å². The molecule has 0 aliphatic carbocycles. The number of phenolic OH excluding ortho intramolecular Hbond substituents is 1. The standard InChI is InChI=1S/C20H25N7O.2C2HF3O2/c1-20(2,3)23-14-6-8-26(12-14)19-22-11-17(24-25-19)16-5-4-15(10-18(16)28)27-9-7-21-13-27;2*3-2(4,5)1(6)7/h4-5,7,9-11,13-14,23,28H,6,8,12H2,1-3H3;2*(H,6,7). The van der Waals surface area contributed by atoms with E-state index in [9.17, 15) is 31.4 Å². The van der Waals surface area contributed by atoms with Gasteiger partial charge in [0.1, 0.15) is 11.4 Å². The number of benzene rings is 1. The van der Waals surface area contributed by atoms with Crippen LogP contribution in [0.15, 0.2) is 43.1 Å². The van der Waals surface area contributed by atoms with Crippen LogP contribution in [0.4, 0.5) is 32.3 Å². The first kappa shape index (κ1) is 33.7. The second kappa shape index (κ2) is 13.5. The summed E-state index contributed by atoms with van der Waals surface area (Å²) in [5, 5.41) is 36.9. The smallest absolute Gasteiger partial charge is 0.490 e. The number of anilines is 1. The molecule has 0 saturated carbocycles. The molecular weight excluding hydrogens is 580 g/mol. The van der Waals surface area contributed by atoms with Gasteiger partial charge in [0.05, 0.1) is 18.2 Å². The zero-order valence-electron chi connectivity index (χ0n) is 22.3. The molecule has 4 N–H and O–H groups in total. The lowest BCUT2D eigenvalue weighted by molar-refractivity contribution is -0.193. The second-order valence-corrected chi connectivity index (χ2v) is 9.75. The van der Waals surface area contributed by atoms with Crippen molar-refractivity contribution in [2.45, 2.75) is 51.1 Å². The molecule has 3 heterocycles. The van der Waals surface area contributed by atoms with Crippen LogP contribution < -0.4 is 10.2 Å². The Labute approximate surface area is 234 Å². The van der Waals surface area contributed by atoms with Crippen LogP contribution in [-0.2, 0) is 9.59 Å². The van der Waals surface area contributed by atoms with E-state index >= 15 is 0 Å². The second-order valence-electron chi connectivity index (χ2n) is 9.75. The van der Waals surface area contributed by atoms with Gasteiger partial charge < -0.3 is 30.1 Å². The fourth-order valence-electron chi connectivity index (χ4n) is 3.52. The van der Waals surface area contributed by atoms with Crippen molar-refractivity contribution in [1.82, 2.24) is 30.0 Å². The molecule has 12 nitrogen and oxygen atoms in total. The van der Waals surface area contributed by atoms with Gasteiger partial charge in [0.2, 0.25) is 5.95 Å². The highest BCUT2D eigenvalue weighted by Gasteiger charge is 2.39. The fraction of sp³-hybridized carbons (Fsp3) is 0.417. The first-order valence-corrected chi connectivity index (χ1v) is 11.9. The Hall–Kier alpha value is -4.48. The van der Waals surface area contributed by atoms with Gasteiger partial charge in [-0.3, -0.25) is 0 Å². The summed E-state index contributed by atoms with van der Waals surface area (Å²) in [4.78, 5) is 28.4. The van der Waals surface area contributed by atoms with Gasteiger partial charge in [-0.25, -0.2) is 19.6 Å².